The Bertz CT molecular complexity index is 220. The van der Waals surface area contributed by atoms with Gasteiger partial charge in [-0.25, -0.2) is 0 Å². The van der Waals surface area contributed by atoms with Gasteiger partial charge in [-0.3, -0.25) is 4.90 Å². The van der Waals surface area contributed by atoms with E-state index in [0.29, 0.717) is 12.1 Å². The third-order valence-corrected chi connectivity index (χ3v) is 4.18. The minimum absolute atomic E-state index is 0.0712. The number of hydrogen-bond acceptors (Lipinski definition) is 3. The van der Waals surface area contributed by atoms with Crippen molar-refractivity contribution in [2.75, 3.05) is 27.2 Å². The fourth-order valence-electron chi connectivity index (χ4n) is 3.28. The van der Waals surface area contributed by atoms with E-state index in [0.717, 1.165) is 25.4 Å². The van der Waals surface area contributed by atoms with Crippen LogP contribution in [0.5, 0.6) is 0 Å². The second-order valence-corrected chi connectivity index (χ2v) is 5.53. The molecule has 1 saturated carbocycles. The molecule has 4 atom stereocenters. The lowest BCUT2D eigenvalue weighted by Crippen LogP contribution is -2.41. The van der Waals surface area contributed by atoms with Crippen molar-refractivity contribution in [1.82, 2.24) is 9.80 Å². The highest BCUT2D eigenvalue weighted by molar-refractivity contribution is 4.94. The molecule has 0 spiro atoms. The molecule has 0 aromatic heterocycles. The Balaban J connectivity index is 1.96. The molecular formula is C12H24N2O. The molecule has 2 rings (SSSR count). The van der Waals surface area contributed by atoms with Gasteiger partial charge in [-0.05, 0) is 39.3 Å². The number of nitrogens with zero attached hydrogens (tertiary/aromatic N) is 2. The zero-order valence-corrected chi connectivity index (χ0v) is 10.2. The first-order valence-corrected chi connectivity index (χ1v) is 6.18. The minimum Gasteiger partial charge on any atom is -0.391 e. The maximum absolute atomic E-state index is 9.91. The first-order valence-electron chi connectivity index (χ1n) is 6.18. The zero-order valence-electron chi connectivity index (χ0n) is 10.2. The molecule has 2 unspecified atom stereocenters. The highest BCUT2D eigenvalue weighted by Crippen LogP contribution is 2.30. The largest absolute Gasteiger partial charge is 0.391 e. The second kappa shape index (κ2) is 4.40. The standard InChI is InChI=1S/C12H24N2O/c1-9-7-14(8-11(9)13(2)3)10-5-4-6-12(10)15/h9-12,15H,4-8H2,1-3H3/t9?,10-,11?,12-/m1/s1. The summed E-state index contributed by atoms with van der Waals surface area (Å²) in [5.41, 5.74) is 0. The summed E-state index contributed by atoms with van der Waals surface area (Å²) in [5, 5.41) is 9.91. The fourth-order valence-corrected chi connectivity index (χ4v) is 3.28. The Kier molecular flexibility index (Phi) is 3.33. The van der Waals surface area contributed by atoms with E-state index in [1.165, 1.54) is 12.8 Å². The predicted octanol–water partition coefficient (Wildman–Crippen LogP) is 0.782. The molecule has 0 aromatic rings. The number of hydrogen-bond donors (Lipinski definition) is 1. The fraction of sp³-hybridized carbons (Fsp3) is 1.00. The third kappa shape index (κ3) is 2.19. The van der Waals surface area contributed by atoms with Gasteiger partial charge in [0.1, 0.15) is 0 Å². The molecule has 3 heteroatoms. The zero-order chi connectivity index (χ0) is 11.0. The van der Waals surface area contributed by atoms with Crippen molar-refractivity contribution in [3.8, 4) is 0 Å². The number of likely N-dealkylation sites (N-methyl/N-ethyl adjacent to an activating group) is 1. The van der Waals surface area contributed by atoms with Crippen molar-refractivity contribution in [1.29, 1.82) is 0 Å². The van der Waals surface area contributed by atoms with Crippen LogP contribution in [-0.2, 0) is 0 Å². The van der Waals surface area contributed by atoms with E-state index < -0.39 is 0 Å². The molecule has 2 aliphatic rings. The lowest BCUT2D eigenvalue weighted by atomic mass is 10.1. The van der Waals surface area contributed by atoms with Crippen LogP contribution in [0.2, 0.25) is 0 Å². The van der Waals surface area contributed by atoms with E-state index in [1.807, 2.05) is 0 Å². The van der Waals surface area contributed by atoms with Crippen LogP contribution in [0, 0.1) is 5.92 Å². The van der Waals surface area contributed by atoms with Crippen LogP contribution in [-0.4, -0.2) is 60.3 Å². The van der Waals surface area contributed by atoms with E-state index >= 15 is 0 Å². The van der Waals surface area contributed by atoms with Crippen molar-refractivity contribution < 1.29 is 5.11 Å². The quantitative estimate of drug-likeness (QED) is 0.733. The summed E-state index contributed by atoms with van der Waals surface area (Å²) in [6.07, 6.45) is 3.32. The molecule has 15 heavy (non-hydrogen) atoms. The maximum Gasteiger partial charge on any atom is 0.0695 e. The van der Waals surface area contributed by atoms with Crippen molar-refractivity contribution in [2.45, 2.75) is 44.4 Å². The Morgan fingerprint density at radius 2 is 1.93 bits per heavy atom. The van der Waals surface area contributed by atoms with Crippen LogP contribution in [0.3, 0.4) is 0 Å². The molecule has 0 amide bonds. The van der Waals surface area contributed by atoms with E-state index in [-0.39, 0.29) is 6.10 Å². The summed E-state index contributed by atoms with van der Waals surface area (Å²) >= 11 is 0. The van der Waals surface area contributed by atoms with Crippen LogP contribution in [0.15, 0.2) is 0 Å². The summed E-state index contributed by atoms with van der Waals surface area (Å²) in [4.78, 5) is 4.83. The third-order valence-electron chi connectivity index (χ3n) is 4.18. The van der Waals surface area contributed by atoms with Gasteiger partial charge in [-0.1, -0.05) is 6.92 Å². The van der Waals surface area contributed by atoms with Crippen molar-refractivity contribution in [3.63, 3.8) is 0 Å². The van der Waals surface area contributed by atoms with Crippen molar-refractivity contribution in [2.24, 2.45) is 5.92 Å². The molecule has 1 heterocycles. The average molecular weight is 212 g/mol. The van der Waals surface area contributed by atoms with Crippen LogP contribution in [0.4, 0.5) is 0 Å². The van der Waals surface area contributed by atoms with Gasteiger partial charge in [-0.15, -0.1) is 0 Å². The average Bonchev–Trinajstić information content (AvgIpc) is 2.71. The lowest BCUT2D eigenvalue weighted by molar-refractivity contribution is 0.0807. The summed E-state index contributed by atoms with van der Waals surface area (Å²) in [5.74, 6) is 0.729. The van der Waals surface area contributed by atoms with Gasteiger partial charge in [0.2, 0.25) is 0 Å². The summed E-state index contributed by atoms with van der Waals surface area (Å²) in [7, 11) is 4.32. The molecule has 1 aliphatic heterocycles. The Morgan fingerprint density at radius 1 is 1.20 bits per heavy atom. The second-order valence-electron chi connectivity index (χ2n) is 5.53. The SMILES string of the molecule is CC1CN([C@@H]2CCC[C@H]2O)CC1N(C)C. The van der Waals surface area contributed by atoms with E-state index in [4.69, 9.17) is 0 Å². The van der Waals surface area contributed by atoms with E-state index in [2.05, 4.69) is 30.8 Å². The van der Waals surface area contributed by atoms with Gasteiger partial charge >= 0.3 is 0 Å². The molecule has 0 bridgehead atoms. The summed E-state index contributed by atoms with van der Waals surface area (Å²) in [6, 6.07) is 1.11. The molecule has 1 saturated heterocycles. The highest BCUT2D eigenvalue weighted by atomic mass is 16.3. The number of rotatable bonds is 2. The van der Waals surface area contributed by atoms with Crippen LogP contribution < -0.4 is 0 Å². The summed E-state index contributed by atoms with van der Waals surface area (Å²) in [6.45, 7) is 4.62. The molecule has 3 nitrogen and oxygen atoms in total. The van der Waals surface area contributed by atoms with Gasteiger partial charge in [0, 0.05) is 25.2 Å². The molecule has 2 fully saturated rings. The van der Waals surface area contributed by atoms with E-state index in [1.54, 1.807) is 0 Å². The monoisotopic (exact) mass is 212 g/mol. The smallest absolute Gasteiger partial charge is 0.0695 e. The number of aliphatic hydroxyl groups is 1. The molecule has 88 valence electrons. The van der Waals surface area contributed by atoms with Crippen molar-refractivity contribution >= 4 is 0 Å². The van der Waals surface area contributed by atoms with Crippen LogP contribution in [0.25, 0.3) is 0 Å². The van der Waals surface area contributed by atoms with Gasteiger partial charge in [0.05, 0.1) is 6.10 Å². The lowest BCUT2D eigenvalue weighted by Gasteiger charge is -2.27. The molecular weight excluding hydrogens is 188 g/mol. The maximum atomic E-state index is 9.91. The van der Waals surface area contributed by atoms with E-state index in [9.17, 15) is 5.11 Å². The first-order chi connectivity index (χ1) is 7.09. The van der Waals surface area contributed by atoms with Crippen molar-refractivity contribution in [3.05, 3.63) is 0 Å². The molecule has 0 radical (unpaired) electrons. The Hall–Kier alpha value is -0.120. The molecule has 1 N–H and O–H groups in total. The van der Waals surface area contributed by atoms with Gasteiger partial charge in [0.25, 0.3) is 0 Å². The normalized spacial score (nSPS) is 43.0. The van der Waals surface area contributed by atoms with Gasteiger partial charge in [0.15, 0.2) is 0 Å². The number of likely N-dealkylation sites (tertiary alicyclic amines) is 1. The summed E-state index contributed by atoms with van der Waals surface area (Å²) < 4.78 is 0. The van der Waals surface area contributed by atoms with Crippen LogP contribution >= 0.6 is 0 Å². The molecule has 1 aliphatic carbocycles. The minimum atomic E-state index is -0.0712. The predicted molar refractivity (Wildman–Crippen MR) is 61.9 cm³/mol. The number of aliphatic hydroxyl groups excluding tert-OH is 1. The molecule has 0 aromatic carbocycles. The highest BCUT2D eigenvalue weighted by Gasteiger charge is 2.38. The first kappa shape index (κ1) is 11.4. The topological polar surface area (TPSA) is 26.7 Å². The Morgan fingerprint density at radius 3 is 2.40 bits per heavy atom. The van der Waals surface area contributed by atoms with Crippen LogP contribution in [0.1, 0.15) is 26.2 Å². The van der Waals surface area contributed by atoms with Gasteiger partial charge < -0.3 is 10.0 Å². The van der Waals surface area contributed by atoms with Gasteiger partial charge in [-0.2, -0.15) is 0 Å². The Labute approximate surface area is 93.1 Å².